The van der Waals surface area contributed by atoms with Gasteiger partial charge in [-0.15, -0.1) is 0 Å². The Morgan fingerprint density at radius 3 is 1.44 bits per heavy atom. The third-order valence-corrected chi connectivity index (χ3v) is 13.4. The molecule has 376 valence electrons. The van der Waals surface area contributed by atoms with Crippen LogP contribution in [0.1, 0.15) is 188 Å². The zero-order chi connectivity index (χ0) is 51.5. The van der Waals surface area contributed by atoms with E-state index in [0.29, 0.717) is 24.0 Å². The van der Waals surface area contributed by atoms with Gasteiger partial charge in [-0.3, -0.25) is 9.59 Å². The molecule has 0 amide bonds. The summed E-state index contributed by atoms with van der Waals surface area (Å²) < 4.78 is 20.6. The minimum atomic E-state index is -0.728. The molecule has 1 aliphatic carbocycles. The second-order valence-electron chi connectivity index (χ2n) is 20.3. The Balaban J connectivity index is 0.000000313. The van der Waals surface area contributed by atoms with E-state index in [9.17, 15) is 24.6 Å². The molecular weight excluding hydrogens is 857 g/mol. The second-order valence-corrected chi connectivity index (χ2v) is 20.3. The summed E-state index contributed by atoms with van der Waals surface area (Å²) in [5, 5.41) is 29.3. The molecule has 4 aromatic rings. The first kappa shape index (κ1) is 59.1. The van der Waals surface area contributed by atoms with Crippen LogP contribution in [0.5, 0.6) is 17.2 Å². The monoisotopic (exact) mass is 941 g/mol. The van der Waals surface area contributed by atoms with Gasteiger partial charge in [-0.1, -0.05) is 115 Å². The molecule has 0 aliphatic heterocycles. The Morgan fingerprint density at radius 2 is 1.01 bits per heavy atom. The highest BCUT2D eigenvalue weighted by atomic mass is 16.6. The van der Waals surface area contributed by atoms with E-state index in [-0.39, 0.29) is 23.1 Å². The summed E-state index contributed by atoms with van der Waals surface area (Å²) in [4.78, 5) is 35.0. The largest absolute Gasteiger partial charge is 0.508 e. The van der Waals surface area contributed by atoms with Gasteiger partial charge < -0.3 is 34.3 Å². The molecule has 10 heteroatoms. The van der Waals surface area contributed by atoms with Crippen LogP contribution in [0.4, 0.5) is 0 Å². The highest BCUT2D eigenvalue weighted by molar-refractivity contribution is 5.80. The predicted octanol–water partition coefficient (Wildman–Crippen LogP) is 13.6. The Hall–Kier alpha value is -5.03. The highest BCUT2D eigenvalue weighted by Gasteiger charge is 2.33. The number of hydrogen-bond donors (Lipinski definition) is 3. The van der Waals surface area contributed by atoms with E-state index < -0.39 is 40.6 Å². The van der Waals surface area contributed by atoms with Crippen molar-refractivity contribution in [1.29, 1.82) is 0 Å². The average Bonchev–Trinajstić information content (AvgIpc) is 3.78. The van der Waals surface area contributed by atoms with Gasteiger partial charge in [0.25, 0.3) is 0 Å². The Labute approximate surface area is 408 Å². The minimum absolute atomic E-state index is 0.0796. The van der Waals surface area contributed by atoms with Crippen molar-refractivity contribution in [2.45, 2.75) is 177 Å². The lowest BCUT2D eigenvalue weighted by Crippen LogP contribution is -2.29. The van der Waals surface area contributed by atoms with Crippen molar-refractivity contribution in [2.75, 3.05) is 13.7 Å². The second kappa shape index (κ2) is 26.7. The fraction of sp³-hybridized carbons (Fsp3) is 0.534. The summed E-state index contributed by atoms with van der Waals surface area (Å²) >= 11 is 0. The van der Waals surface area contributed by atoms with Crippen LogP contribution in [0.25, 0.3) is 0 Å². The minimum Gasteiger partial charge on any atom is -0.508 e. The number of methoxy groups -OCH3 is 1. The number of aromatic hydroxyl groups is 1. The molecule has 0 spiro atoms. The van der Waals surface area contributed by atoms with Gasteiger partial charge in [0.05, 0.1) is 27.6 Å². The molecule has 5 rings (SSSR count). The van der Waals surface area contributed by atoms with Gasteiger partial charge >= 0.3 is 17.9 Å². The lowest BCUT2D eigenvalue weighted by molar-refractivity contribution is -0.161. The average molecular weight is 941 g/mol. The van der Waals surface area contributed by atoms with Gasteiger partial charge in [-0.2, -0.15) is 0 Å². The number of hydrogen-bond acceptors (Lipinski definition) is 10. The summed E-state index contributed by atoms with van der Waals surface area (Å²) in [5.41, 5.74) is 3.19. The van der Waals surface area contributed by atoms with E-state index in [2.05, 4.69) is 64.1 Å². The van der Waals surface area contributed by atoms with E-state index in [1.165, 1.54) is 41.8 Å². The van der Waals surface area contributed by atoms with Crippen LogP contribution in [-0.2, 0) is 40.7 Å². The van der Waals surface area contributed by atoms with Crippen molar-refractivity contribution in [3.8, 4) is 17.2 Å². The molecule has 1 saturated carbocycles. The number of benzene rings is 4. The molecule has 2 unspecified atom stereocenters. The predicted molar refractivity (Wildman–Crippen MR) is 273 cm³/mol. The van der Waals surface area contributed by atoms with Gasteiger partial charge in [0.2, 0.25) is 0 Å². The first-order valence-corrected chi connectivity index (χ1v) is 24.4. The highest BCUT2D eigenvalue weighted by Crippen LogP contribution is 2.39. The zero-order valence-corrected chi connectivity index (χ0v) is 44.0. The number of carbonyl (C=O) groups excluding carboxylic acids is 3. The summed E-state index contributed by atoms with van der Waals surface area (Å²) in [6.07, 6.45) is 7.86. The molecule has 1 aliphatic rings. The van der Waals surface area contributed by atoms with Crippen LogP contribution >= 0.6 is 0 Å². The lowest BCUT2D eigenvalue weighted by atomic mass is 9.89. The fourth-order valence-electron chi connectivity index (χ4n) is 6.63. The number of ether oxygens (including phenoxy) is 4. The lowest BCUT2D eigenvalue weighted by Gasteiger charge is -2.24. The first-order chi connectivity index (χ1) is 31.7. The summed E-state index contributed by atoms with van der Waals surface area (Å²) in [5.74, 6) is 0.863. The summed E-state index contributed by atoms with van der Waals surface area (Å²) in [6, 6.07) is 30.0. The van der Waals surface area contributed by atoms with Crippen molar-refractivity contribution in [1.82, 2.24) is 0 Å². The molecule has 0 heterocycles. The van der Waals surface area contributed by atoms with Gasteiger partial charge in [-0.05, 0) is 170 Å². The number of phenols is 1. The molecule has 2 atom stereocenters. The van der Waals surface area contributed by atoms with Crippen molar-refractivity contribution < 1.29 is 48.7 Å². The standard InChI is InChI=1S/C16H24O3.C15H22O.C14H18O5.C13H20O/c1-7-15(2,3)14(17)19-13-10-8-12(9-11-13)16(4,5)18-6;1-3-12(2)13-6-8-14(9-7-13)15(16)10-4-5-11-15;1-4-14(2,3)13(17)18-9-12(16)19-11-7-5-10(15)6-8-11;1-5-10(2)11-6-8-12(9-7-11)13(3,4)14/h8-11H,7H2,1-6H3;6-9,12,16H,3-5,10-11H2,1-2H3;5-8,15H,4,9H2,1-3H3;6-10,14H,5H2,1-4H3. The molecular formula is C58H84O10. The SMILES string of the molecule is CCC(C)(C)C(=O)OCC(=O)Oc1ccc(O)cc1.CCC(C)(C)C(=O)Oc1ccc(C(C)(C)OC)cc1.CCC(C)c1ccc(C(C)(C)O)cc1.CCC(C)c1ccc(C2(O)CCCC2)cc1. The van der Waals surface area contributed by atoms with Crippen LogP contribution in [0, 0.1) is 10.8 Å². The van der Waals surface area contributed by atoms with E-state index in [1.54, 1.807) is 33.1 Å². The van der Waals surface area contributed by atoms with Crippen molar-refractivity contribution in [3.05, 3.63) is 125 Å². The maximum Gasteiger partial charge on any atom is 0.349 e. The molecule has 68 heavy (non-hydrogen) atoms. The van der Waals surface area contributed by atoms with Crippen LogP contribution in [0.3, 0.4) is 0 Å². The number of aliphatic hydroxyl groups is 2. The smallest absolute Gasteiger partial charge is 0.349 e. The number of phenolic OH excluding ortho intramolecular Hbond substituents is 1. The van der Waals surface area contributed by atoms with Gasteiger partial charge in [-0.25, -0.2) is 4.79 Å². The Bertz CT molecular complexity index is 2100. The van der Waals surface area contributed by atoms with E-state index in [1.807, 2.05) is 79.7 Å². The van der Waals surface area contributed by atoms with Crippen molar-refractivity contribution >= 4 is 17.9 Å². The normalized spacial score (nSPS) is 14.3. The summed E-state index contributed by atoms with van der Waals surface area (Å²) in [6.45, 7) is 27.2. The molecule has 4 aromatic carbocycles. The Morgan fingerprint density at radius 1 is 0.603 bits per heavy atom. The number of esters is 3. The molecule has 0 bridgehead atoms. The first-order valence-electron chi connectivity index (χ1n) is 24.4. The quantitative estimate of drug-likeness (QED) is 0.0732. The van der Waals surface area contributed by atoms with Crippen LogP contribution in [0.2, 0.25) is 0 Å². The molecule has 1 fully saturated rings. The van der Waals surface area contributed by atoms with E-state index in [4.69, 9.17) is 24.1 Å². The molecule has 0 aromatic heterocycles. The Kier molecular flexibility index (Phi) is 23.2. The third kappa shape index (κ3) is 18.8. The van der Waals surface area contributed by atoms with Crippen LogP contribution in [-0.4, -0.2) is 46.9 Å². The topological polar surface area (TPSA) is 149 Å². The number of carbonyl (C=O) groups is 3. The van der Waals surface area contributed by atoms with Crippen molar-refractivity contribution in [3.63, 3.8) is 0 Å². The van der Waals surface area contributed by atoms with Crippen LogP contribution < -0.4 is 9.47 Å². The van der Waals surface area contributed by atoms with Gasteiger partial charge in [0.15, 0.2) is 6.61 Å². The summed E-state index contributed by atoms with van der Waals surface area (Å²) in [7, 11) is 1.68. The molecule has 0 saturated heterocycles. The number of rotatable bonds is 16. The fourth-order valence-corrected chi connectivity index (χ4v) is 6.63. The van der Waals surface area contributed by atoms with Gasteiger partial charge in [0, 0.05) is 7.11 Å². The maximum atomic E-state index is 12.0. The molecule has 0 radical (unpaired) electrons. The third-order valence-electron chi connectivity index (χ3n) is 13.4. The van der Waals surface area contributed by atoms with E-state index >= 15 is 0 Å². The molecule has 3 N–H and O–H groups in total. The molecule has 10 nitrogen and oxygen atoms in total. The van der Waals surface area contributed by atoms with Crippen molar-refractivity contribution in [2.24, 2.45) is 10.8 Å². The zero-order valence-electron chi connectivity index (χ0n) is 44.0. The van der Waals surface area contributed by atoms with Crippen LogP contribution in [0.15, 0.2) is 97.1 Å². The van der Waals surface area contributed by atoms with Gasteiger partial charge in [0.1, 0.15) is 17.2 Å². The maximum absolute atomic E-state index is 12.0. The van der Waals surface area contributed by atoms with E-state index in [0.717, 1.165) is 55.2 Å².